The van der Waals surface area contributed by atoms with Gasteiger partial charge in [-0.25, -0.2) is 24.5 Å². The molecule has 0 aliphatic carbocycles. The summed E-state index contributed by atoms with van der Waals surface area (Å²) in [5.41, 5.74) is 5.72. The second kappa shape index (κ2) is 20.1. The van der Waals surface area contributed by atoms with Crippen molar-refractivity contribution in [2.45, 2.75) is 78.3 Å². The summed E-state index contributed by atoms with van der Waals surface area (Å²) in [4.78, 5) is 70.7. The minimum absolute atomic E-state index is 0.112. The van der Waals surface area contributed by atoms with Gasteiger partial charge in [-0.15, -0.1) is 0 Å². The zero-order valence-corrected chi connectivity index (χ0v) is 33.4. The van der Waals surface area contributed by atoms with Crippen LogP contribution in [0.1, 0.15) is 77.5 Å². The number of amides is 4. The Hall–Kier alpha value is -6.19. The van der Waals surface area contributed by atoms with Gasteiger partial charge in [0, 0.05) is 30.6 Å². The number of benzene rings is 2. The molecule has 2 aromatic carbocycles. The number of nitrogens with one attached hydrogen (secondary N) is 5. The second-order valence-corrected chi connectivity index (χ2v) is 14.1. The van der Waals surface area contributed by atoms with E-state index in [-0.39, 0.29) is 30.3 Å². The van der Waals surface area contributed by atoms with Crippen LogP contribution in [0.4, 0.5) is 9.59 Å². The number of imidazole rings is 2. The number of fused-ring (bicyclic) bond motifs is 1. The SMILES string of the molecule is CCC.COC(=O)NCC(=O)NCCCCc1ncc(-c2ccc3nc(-c4ccc(-c5cnc(C6CCCN6C(=O)C(NC(=O)OC)C(C)C)[nH]5)cc4)oc3c2)[nH]1. The van der Waals surface area contributed by atoms with Crippen LogP contribution in [-0.4, -0.2) is 93.7 Å². The largest absolute Gasteiger partial charge is 0.453 e. The molecular weight excluding hydrogens is 731 g/mol. The lowest BCUT2D eigenvalue weighted by molar-refractivity contribution is -0.135. The van der Waals surface area contributed by atoms with Crippen molar-refractivity contribution >= 4 is 35.1 Å². The maximum absolute atomic E-state index is 13.5. The Labute approximate surface area is 331 Å². The lowest BCUT2D eigenvalue weighted by Crippen LogP contribution is -2.51. The van der Waals surface area contributed by atoms with Crippen molar-refractivity contribution in [3.8, 4) is 34.0 Å². The van der Waals surface area contributed by atoms with Crippen LogP contribution in [0, 0.1) is 5.92 Å². The molecule has 16 nitrogen and oxygen atoms in total. The fourth-order valence-corrected chi connectivity index (χ4v) is 6.42. The molecule has 2 atom stereocenters. The molecule has 5 N–H and O–H groups in total. The number of aryl methyl sites for hydroxylation is 1. The third kappa shape index (κ3) is 11.0. The molecule has 5 aromatic rings. The van der Waals surface area contributed by atoms with Gasteiger partial charge in [-0.1, -0.05) is 52.3 Å². The molecule has 4 heterocycles. The maximum Gasteiger partial charge on any atom is 0.407 e. The molecule has 3 aromatic heterocycles. The normalized spacial score (nSPS) is 14.2. The van der Waals surface area contributed by atoms with Crippen molar-refractivity contribution in [2.75, 3.05) is 33.9 Å². The van der Waals surface area contributed by atoms with Crippen LogP contribution in [0.15, 0.2) is 59.3 Å². The Balaban J connectivity index is 0.00000200. The van der Waals surface area contributed by atoms with E-state index in [1.54, 1.807) is 17.3 Å². The van der Waals surface area contributed by atoms with E-state index < -0.39 is 18.2 Å². The fourth-order valence-electron chi connectivity index (χ4n) is 6.42. The molecule has 1 aliphatic heterocycles. The van der Waals surface area contributed by atoms with Gasteiger partial charge < -0.3 is 44.7 Å². The van der Waals surface area contributed by atoms with Crippen molar-refractivity contribution in [3.05, 3.63) is 66.5 Å². The van der Waals surface area contributed by atoms with Crippen LogP contribution in [-0.2, 0) is 25.5 Å². The van der Waals surface area contributed by atoms with Crippen LogP contribution in [0.5, 0.6) is 0 Å². The number of carbonyl (C=O) groups is 4. The number of rotatable bonds is 14. The Morgan fingerprint density at radius 1 is 0.895 bits per heavy atom. The molecule has 57 heavy (non-hydrogen) atoms. The molecule has 0 bridgehead atoms. The van der Waals surface area contributed by atoms with Gasteiger partial charge in [-0.05, 0) is 61.4 Å². The number of ether oxygens (including phenoxy) is 2. The molecule has 304 valence electrons. The highest BCUT2D eigenvalue weighted by Crippen LogP contribution is 2.34. The second-order valence-electron chi connectivity index (χ2n) is 14.1. The summed E-state index contributed by atoms with van der Waals surface area (Å²) < 4.78 is 15.4. The Morgan fingerprint density at radius 3 is 2.30 bits per heavy atom. The number of hydrogen-bond donors (Lipinski definition) is 5. The third-order valence-corrected chi connectivity index (χ3v) is 9.35. The van der Waals surface area contributed by atoms with Crippen molar-refractivity contribution in [2.24, 2.45) is 5.92 Å². The van der Waals surface area contributed by atoms with E-state index in [0.29, 0.717) is 36.8 Å². The highest BCUT2D eigenvalue weighted by atomic mass is 16.5. The molecule has 16 heteroatoms. The quantitative estimate of drug-likeness (QED) is 0.0769. The van der Waals surface area contributed by atoms with Crippen LogP contribution in [0.25, 0.3) is 45.1 Å². The van der Waals surface area contributed by atoms with Gasteiger partial charge in [0.2, 0.25) is 17.7 Å². The van der Waals surface area contributed by atoms with E-state index >= 15 is 0 Å². The summed E-state index contributed by atoms with van der Waals surface area (Å²) in [6.07, 6.45) is 7.44. The smallest absolute Gasteiger partial charge is 0.407 e. The zero-order valence-electron chi connectivity index (χ0n) is 33.4. The highest BCUT2D eigenvalue weighted by molar-refractivity contribution is 5.86. The van der Waals surface area contributed by atoms with Crippen molar-refractivity contribution in [1.29, 1.82) is 0 Å². The topological polar surface area (TPSA) is 209 Å². The van der Waals surface area contributed by atoms with Gasteiger partial charge >= 0.3 is 12.2 Å². The summed E-state index contributed by atoms with van der Waals surface area (Å²) in [6, 6.07) is 12.8. The first-order valence-electron chi connectivity index (χ1n) is 19.4. The lowest BCUT2D eigenvalue weighted by Gasteiger charge is -2.30. The number of oxazole rings is 1. The number of carbonyl (C=O) groups excluding carboxylic acids is 4. The van der Waals surface area contributed by atoms with E-state index in [1.807, 2.05) is 56.3 Å². The van der Waals surface area contributed by atoms with E-state index in [4.69, 9.17) is 14.1 Å². The van der Waals surface area contributed by atoms with Gasteiger partial charge in [0.25, 0.3) is 0 Å². The Morgan fingerprint density at radius 2 is 1.58 bits per heavy atom. The number of H-pyrrole nitrogens is 2. The van der Waals surface area contributed by atoms with Crippen LogP contribution < -0.4 is 16.0 Å². The Kier molecular flexibility index (Phi) is 14.8. The van der Waals surface area contributed by atoms with E-state index in [1.165, 1.54) is 20.6 Å². The van der Waals surface area contributed by atoms with E-state index in [0.717, 1.165) is 65.1 Å². The molecule has 4 amide bonds. The fraction of sp³-hybridized carbons (Fsp3) is 0.439. The van der Waals surface area contributed by atoms with E-state index in [2.05, 4.69) is 54.5 Å². The number of alkyl carbamates (subject to hydrolysis) is 2. The number of aromatic amines is 2. The molecule has 0 saturated carbocycles. The van der Waals surface area contributed by atoms with E-state index in [9.17, 15) is 19.2 Å². The number of aromatic nitrogens is 5. The van der Waals surface area contributed by atoms with Gasteiger partial charge in [0.1, 0.15) is 23.2 Å². The number of hydrogen-bond acceptors (Lipinski definition) is 10. The average molecular weight is 784 g/mol. The predicted octanol–water partition coefficient (Wildman–Crippen LogP) is 6.53. The third-order valence-electron chi connectivity index (χ3n) is 9.35. The van der Waals surface area contributed by atoms with Gasteiger partial charge in [0.05, 0.1) is 50.6 Å². The minimum Gasteiger partial charge on any atom is -0.453 e. The highest BCUT2D eigenvalue weighted by Gasteiger charge is 2.37. The molecule has 0 spiro atoms. The number of nitrogens with zero attached hydrogens (tertiary/aromatic N) is 4. The van der Waals surface area contributed by atoms with Crippen LogP contribution in [0.3, 0.4) is 0 Å². The van der Waals surface area contributed by atoms with Crippen molar-refractivity contribution in [1.82, 2.24) is 45.8 Å². The van der Waals surface area contributed by atoms with Gasteiger partial charge in [-0.2, -0.15) is 0 Å². The summed E-state index contributed by atoms with van der Waals surface area (Å²) in [5.74, 6) is 1.50. The number of unbranched alkanes of at least 4 members (excludes halogenated alkanes) is 1. The zero-order chi connectivity index (χ0) is 40.9. The summed E-state index contributed by atoms with van der Waals surface area (Å²) in [7, 11) is 2.53. The van der Waals surface area contributed by atoms with Crippen LogP contribution >= 0.6 is 0 Å². The molecule has 2 unspecified atom stereocenters. The lowest BCUT2D eigenvalue weighted by atomic mass is 10.0. The standard InChI is InChI=1S/C38H45N9O7.C3H8/c1-22(2)33(46-38(51)53-4)36(49)47-17-7-8-29(47)34-41-20-27(44-34)23-10-12-24(13-11-23)35-45-26-15-14-25(18-30(26)54-35)28-19-40-31(43-28)9-5-6-16-39-32(48)21-42-37(50)52-3;1-3-2/h10-15,18-20,22,29,33H,5-9,16-17,21H2,1-4H3,(H,39,48)(H,40,43)(H,41,44)(H,42,50)(H,46,51);3H2,1-2H3. The molecule has 1 aliphatic rings. The first-order valence-corrected chi connectivity index (χ1v) is 19.4. The number of methoxy groups -OCH3 is 2. The van der Waals surface area contributed by atoms with Gasteiger partial charge in [0.15, 0.2) is 5.58 Å². The molecule has 0 radical (unpaired) electrons. The first-order chi connectivity index (χ1) is 27.5. The monoisotopic (exact) mass is 783 g/mol. The molecular formula is C41H53N9O7. The average Bonchev–Trinajstić information content (AvgIpc) is 4.05. The summed E-state index contributed by atoms with van der Waals surface area (Å²) in [5, 5.41) is 7.79. The van der Waals surface area contributed by atoms with Gasteiger partial charge in [-0.3, -0.25) is 9.59 Å². The minimum atomic E-state index is -0.696. The molecule has 1 fully saturated rings. The Bertz CT molecular complexity index is 2100. The maximum atomic E-state index is 13.5. The van der Waals surface area contributed by atoms with Crippen LogP contribution in [0.2, 0.25) is 0 Å². The first kappa shape index (κ1) is 42.0. The molecule has 1 saturated heterocycles. The van der Waals surface area contributed by atoms with Crippen molar-refractivity contribution in [3.63, 3.8) is 0 Å². The summed E-state index contributed by atoms with van der Waals surface area (Å²) >= 11 is 0. The number of likely N-dealkylation sites (tertiary alicyclic amines) is 1. The summed E-state index contributed by atoms with van der Waals surface area (Å²) in [6.45, 7) is 8.98. The van der Waals surface area contributed by atoms with Crippen molar-refractivity contribution < 1.29 is 33.1 Å². The molecule has 6 rings (SSSR count). The predicted molar refractivity (Wildman–Crippen MR) is 215 cm³/mol.